The lowest BCUT2D eigenvalue weighted by molar-refractivity contribution is -0.130. The highest BCUT2D eigenvalue weighted by Crippen LogP contribution is 2.29. The number of nitrogens with one attached hydrogen (secondary N) is 1. The summed E-state index contributed by atoms with van der Waals surface area (Å²) >= 11 is 0. The molecule has 2 N–H and O–H groups in total. The average Bonchev–Trinajstić information content (AvgIpc) is 2.34. The van der Waals surface area contributed by atoms with Gasteiger partial charge in [0.25, 0.3) is 0 Å². The third-order valence-corrected chi connectivity index (χ3v) is 3.32. The van der Waals surface area contributed by atoms with Gasteiger partial charge in [0.1, 0.15) is 5.41 Å². The molecule has 0 spiro atoms. The molecule has 0 bridgehead atoms. The molecule has 0 aliphatic heterocycles. The van der Waals surface area contributed by atoms with Crippen molar-refractivity contribution < 1.29 is 9.90 Å². The number of hydrogen-bond donors (Lipinski definition) is 2. The second-order valence-corrected chi connectivity index (χ2v) is 5.20. The van der Waals surface area contributed by atoms with Crippen LogP contribution in [0.3, 0.4) is 0 Å². The van der Waals surface area contributed by atoms with E-state index >= 15 is 0 Å². The third-order valence-electron chi connectivity index (χ3n) is 3.32. The lowest BCUT2D eigenvalue weighted by atomic mass is 9.79. The summed E-state index contributed by atoms with van der Waals surface area (Å²) in [6.07, 6.45) is 2.73. The van der Waals surface area contributed by atoms with Crippen molar-refractivity contribution in [2.45, 2.75) is 59.4 Å². The first-order valence-corrected chi connectivity index (χ1v) is 6.80. The third kappa shape index (κ3) is 4.30. The fraction of sp³-hybridized carbons (Fsp3) is 0.857. The molecule has 0 aromatic carbocycles. The standard InChI is InChI=1S/C14H26N2O2/c1-5-7-14(10-15,8-6-2)13(18)16-12(9-17)11(3)4/h11-12,17H,5-9H2,1-4H3,(H,16,18). The van der Waals surface area contributed by atoms with Gasteiger partial charge in [0, 0.05) is 0 Å². The number of carbonyl (C=O) groups excluding carboxylic acids is 1. The summed E-state index contributed by atoms with van der Waals surface area (Å²) in [6.45, 7) is 7.73. The molecule has 0 aliphatic carbocycles. The first-order valence-electron chi connectivity index (χ1n) is 6.80. The molecule has 0 fully saturated rings. The maximum atomic E-state index is 12.3. The first kappa shape index (κ1) is 16.9. The van der Waals surface area contributed by atoms with E-state index in [1.54, 1.807) is 0 Å². The van der Waals surface area contributed by atoms with Gasteiger partial charge in [0.2, 0.25) is 5.91 Å². The monoisotopic (exact) mass is 254 g/mol. The molecule has 1 atom stereocenters. The zero-order chi connectivity index (χ0) is 14.2. The van der Waals surface area contributed by atoms with Gasteiger partial charge in [-0.15, -0.1) is 0 Å². The van der Waals surface area contributed by atoms with Gasteiger partial charge in [-0.1, -0.05) is 40.5 Å². The topological polar surface area (TPSA) is 73.1 Å². The molecule has 4 nitrogen and oxygen atoms in total. The van der Waals surface area contributed by atoms with Crippen LogP contribution in [0.5, 0.6) is 0 Å². The van der Waals surface area contributed by atoms with E-state index in [-0.39, 0.29) is 24.5 Å². The van der Waals surface area contributed by atoms with Gasteiger partial charge < -0.3 is 10.4 Å². The molecule has 1 unspecified atom stereocenters. The number of aliphatic hydroxyl groups excluding tert-OH is 1. The lowest BCUT2D eigenvalue weighted by Crippen LogP contribution is -2.48. The van der Waals surface area contributed by atoms with Crippen LogP contribution in [0.15, 0.2) is 0 Å². The van der Waals surface area contributed by atoms with Gasteiger partial charge in [0.15, 0.2) is 0 Å². The minimum atomic E-state index is -0.939. The highest BCUT2D eigenvalue weighted by Gasteiger charge is 2.38. The van der Waals surface area contributed by atoms with E-state index in [9.17, 15) is 15.2 Å². The van der Waals surface area contributed by atoms with Gasteiger partial charge in [0.05, 0.1) is 18.7 Å². The molecule has 4 heteroatoms. The Balaban J connectivity index is 4.91. The van der Waals surface area contributed by atoms with E-state index in [4.69, 9.17) is 0 Å². The van der Waals surface area contributed by atoms with E-state index in [2.05, 4.69) is 11.4 Å². The highest BCUT2D eigenvalue weighted by atomic mass is 16.3. The summed E-state index contributed by atoms with van der Waals surface area (Å²) in [4.78, 5) is 12.3. The summed E-state index contributed by atoms with van der Waals surface area (Å²) in [5, 5.41) is 21.4. The molecule has 104 valence electrons. The summed E-state index contributed by atoms with van der Waals surface area (Å²) in [7, 11) is 0. The van der Waals surface area contributed by atoms with Crippen molar-refractivity contribution in [3.05, 3.63) is 0 Å². The van der Waals surface area contributed by atoms with Crippen molar-refractivity contribution in [2.75, 3.05) is 6.61 Å². The van der Waals surface area contributed by atoms with Crippen LogP contribution in [-0.4, -0.2) is 23.7 Å². The Bertz CT molecular complexity index is 289. The summed E-state index contributed by atoms with van der Waals surface area (Å²) in [5.41, 5.74) is -0.939. The Morgan fingerprint density at radius 3 is 2.11 bits per heavy atom. The quantitative estimate of drug-likeness (QED) is 0.697. The number of rotatable bonds is 8. The van der Waals surface area contributed by atoms with Crippen molar-refractivity contribution in [1.82, 2.24) is 5.32 Å². The van der Waals surface area contributed by atoms with Crippen LogP contribution < -0.4 is 5.32 Å². The maximum absolute atomic E-state index is 12.3. The van der Waals surface area contributed by atoms with Crippen LogP contribution in [-0.2, 0) is 4.79 Å². The fourth-order valence-electron chi connectivity index (χ4n) is 2.10. The van der Waals surface area contributed by atoms with E-state index < -0.39 is 5.41 Å². The SMILES string of the molecule is CCCC(C#N)(CCC)C(=O)NC(CO)C(C)C. The van der Waals surface area contributed by atoms with Crippen molar-refractivity contribution >= 4 is 5.91 Å². The molecular formula is C14H26N2O2. The molecule has 18 heavy (non-hydrogen) atoms. The Morgan fingerprint density at radius 2 is 1.83 bits per heavy atom. The smallest absolute Gasteiger partial charge is 0.240 e. The van der Waals surface area contributed by atoms with E-state index in [1.165, 1.54) is 0 Å². The zero-order valence-electron chi connectivity index (χ0n) is 12.0. The Morgan fingerprint density at radius 1 is 1.33 bits per heavy atom. The number of nitriles is 1. The maximum Gasteiger partial charge on any atom is 0.240 e. The second kappa shape index (κ2) is 8.10. The summed E-state index contributed by atoms with van der Waals surface area (Å²) < 4.78 is 0. The van der Waals surface area contributed by atoms with Gasteiger partial charge in [-0.25, -0.2) is 0 Å². The van der Waals surface area contributed by atoms with Crippen molar-refractivity contribution in [3.63, 3.8) is 0 Å². The molecule has 0 rings (SSSR count). The van der Waals surface area contributed by atoms with Crippen LogP contribution in [0.4, 0.5) is 0 Å². The molecular weight excluding hydrogens is 228 g/mol. The molecule has 0 aliphatic rings. The fourth-order valence-corrected chi connectivity index (χ4v) is 2.10. The zero-order valence-corrected chi connectivity index (χ0v) is 12.0. The van der Waals surface area contributed by atoms with Gasteiger partial charge in [-0.2, -0.15) is 5.26 Å². The molecule has 0 saturated carbocycles. The minimum absolute atomic E-state index is 0.0941. The van der Waals surface area contributed by atoms with Crippen LogP contribution in [0.25, 0.3) is 0 Å². The molecule has 0 heterocycles. The number of nitrogens with zero attached hydrogens (tertiary/aromatic N) is 1. The Hall–Kier alpha value is -1.08. The summed E-state index contributed by atoms with van der Waals surface area (Å²) in [5.74, 6) is -0.0833. The molecule has 0 aromatic rings. The Kier molecular flexibility index (Phi) is 7.61. The lowest BCUT2D eigenvalue weighted by Gasteiger charge is -2.28. The van der Waals surface area contributed by atoms with Crippen molar-refractivity contribution in [2.24, 2.45) is 11.3 Å². The molecule has 0 radical (unpaired) electrons. The largest absolute Gasteiger partial charge is 0.394 e. The van der Waals surface area contributed by atoms with Gasteiger partial charge >= 0.3 is 0 Å². The van der Waals surface area contributed by atoms with Crippen LogP contribution >= 0.6 is 0 Å². The number of carbonyl (C=O) groups is 1. The predicted molar refractivity (Wildman–Crippen MR) is 71.7 cm³/mol. The van der Waals surface area contributed by atoms with Crippen LogP contribution in [0.1, 0.15) is 53.4 Å². The molecule has 1 amide bonds. The average molecular weight is 254 g/mol. The summed E-state index contributed by atoms with van der Waals surface area (Å²) in [6, 6.07) is 1.91. The number of aliphatic hydroxyl groups is 1. The van der Waals surface area contributed by atoms with Gasteiger partial charge in [-0.3, -0.25) is 4.79 Å². The van der Waals surface area contributed by atoms with Crippen molar-refractivity contribution in [3.8, 4) is 6.07 Å². The van der Waals surface area contributed by atoms with Gasteiger partial charge in [-0.05, 0) is 18.8 Å². The van der Waals surface area contributed by atoms with E-state index in [0.717, 1.165) is 12.8 Å². The normalized spacial score (nSPS) is 13.2. The Labute approximate surface area is 110 Å². The van der Waals surface area contributed by atoms with Crippen molar-refractivity contribution in [1.29, 1.82) is 5.26 Å². The van der Waals surface area contributed by atoms with E-state index in [1.807, 2.05) is 27.7 Å². The second-order valence-electron chi connectivity index (χ2n) is 5.20. The van der Waals surface area contributed by atoms with E-state index in [0.29, 0.717) is 12.8 Å². The number of amides is 1. The predicted octanol–water partition coefficient (Wildman–Crippen LogP) is 2.23. The highest BCUT2D eigenvalue weighted by molar-refractivity contribution is 5.85. The van der Waals surface area contributed by atoms with Crippen LogP contribution in [0, 0.1) is 22.7 Å². The first-order chi connectivity index (χ1) is 8.47. The number of hydrogen-bond acceptors (Lipinski definition) is 3. The molecule has 0 saturated heterocycles. The molecule has 0 aromatic heterocycles. The minimum Gasteiger partial charge on any atom is -0.394 e. The van der Waals surface area contributed by atoms with Crippen LogP contribution in [0.2, 0.25) is 0 Å².